The lowest BCUT2D eigenvalue weighted by molar-refractivity contribution is -0.131. The molecule has 1 saturated heterocycles. The SMILES string of the molecule is CS(=O)(=O)NCCC(=O)N1CCN(c2ccc(F)cc2)CC1. The zero-order valence-corrected chi connectivity index (χ0v) is 13.3. The van der Waals surface area contributed by atoms with Crippen molar-refractivity contribution in [2.24, 2.45) is 0 Å². The summed E-state index contributed by atoms with van der Waals surface area (Å²) in [6.07, 6.45) is 1.22. The summed E-state index contributed by atoms with van der Waals surface area (Å²) in [7, 11) is -3.26. The third kappa shape index (κ3) is 4.96. The van der Waals surface area contributed by atoms with Crippen molar-refractivity contribution in [3.8, 4) is 0 Å². The van der Waals surface area contributed by atoms with Crippen LogP contribution in [0.2, 0.25) is 0 Å². The summed E-state index contributed by atoms with van der Waals surface area (Å²) in [5.41, 5.74) is 0.937. The molecule has 0 aliphatic carbocycles. The van der Waals surface area contributed by atoms with Gasteiger partial charge in [-0.05, 0) is 24.3 Å². The number of carbonyl (C=O) groups is 1. The van der Waals surface area contributed by atoms with Crippen molar-refractivity contribution in [1.82, 2.24) is 9.62 Å². The van der Waals surface area contributed by atoms with E-state index in [0.29, 0.717) is 26.2 Å². The molecule has 1 heterocycles. The second-order valence-electron chi connectivity index (χ2n) is 5.26. The Hall–Kier alpha value is -1.67. The number of hydrogen-bond acceptors (Lipinski definition) is 4. The van der Waals surface area contributed by atoms with Crippen LogP contribution in [-0.2, 0) is 14.8 Å². The van der Waals surface area contributed by atoms with Crippen molar-refractivity contribution in [2.75, 3.05) is 43.9 Å². The number of carbonyl (C=O) groups excluding carboxylic acids is 1. The van der Waals surface area contributed by atoms with Crippen molar-refractivity contribution in [3.05, 3.63) is 30.1 Å². The number of amides is 1. The molecule has 1 aliphatic rings. The number of piperazine rings is 1. The molecule has 1 N–H and O–H groups in total. The Balaban J connectivity index is 1.79. The summed E-state index contributed by atoms with van der Waals surface area (Å²) in [5, 5.41) is 0. The first-order valence-electron chi connectivity index (χ1n) is 7.08. The molecule has 0 radical (unpaired) electrons. The van der Waals surface area contributed by atoms with Gasteiger partial charge in [-0.25, -0.2) is 17.5 Å². The Morgan fingerprint density at radius 3 is 2.32 bits per heavy atom. The molecule has 122 valence electrons. The highest BCUT2D eigenvalue weighted by molar-refractivity contribution is 7.88. The van der Waals surface area contributed by atoms with Gasteiger partial charge in [-0.1, -0.05) is 0 Å². The number of nitrogens with one attached hydrogen (secondary N) is 1. The van der Waals surface area contributed by atoms with E-state index in [1.165, 1.54) is 12.1 Å². The molecule has 6 nitrogen and oxygen atoms in total. The second kappa shape index (κ2) is 7.06. The average Bonchev–Trinajstić information content (AvgIpc) is 2.47. The van der Waals surface area contributed by atoms with Gasteiger partial charge in [0, 0.05) is 44.8 Å². The van der Waals surface area contributed by atoms with Crippen LogP contribution in [0.3, 0.4) is 0 Å². The maximum absolute atomic E-state index is 12.9. The lowest BCUT2D eigenvalue weighted by atomic mass is 10.2. The van der Waals surface area contributed by atoms with E-state index in [2.05, 4.69) is 9.62 Å². The van der Waals surface area contributed by atoms with Gasteiger partial charge in [0.25, 0.3) is 0 Å². The van der Waals surface area contributed by atoms with Gasteiger partial charge in [-0.3, -0.25) is 4.79 Å². The molecular weight excluding hydrogens is 309 g/mol. The van der Waals surface area contributed by atoms with Gasteiger partial charge in [0.05, 0.1) is 6.26 Å². The van der Waals surface area contributed by atoms with E-state index in [1.54, 1.807) is 17.0 Å². The van der Waals surface area contributed by atoms with Crippen LogP contribution in [-0.4, -0.2) is 58.2 Å². The van der Waals surface area contributed by atoms with E-state index in [0.717, 1.165) is 11.9 Å². The van der Waals surface area contributed by atoms with Gasteiger partial charge in [-0.2, -0.15) is 0 Å². The topological polar surface area (TPSA) is 69.7 Å². The third-order valence-corrected chi connectivity index (χ3v) is 4.26. The molecule has 8 heteroatoms. The van der Waals surface area contributed by atoms with Crippen LogP contribution in [0.4, 0.5) is 10.1 Å². The van der Waals surface area contributed by atoms with E-state index in [9.17, 15) is 17.6 Å². The minimum absolute atomic E-state index is 0.0603. The molecular formula is C14H20FN3O3S. The van der Waals surface area contributed by atoms with Crippen LogP contribution in [0.1, 0.15) is 6.42 Å². The normalized spacial score (nSPS) is 15.9. The quantitative estimate of drug-likeness (QED) is 0.850. The lowest BCUT2D eigenvalue weighted by Gasteiger charge is -2.36. The Bertz CT molecular complexity index is 611. The molecule has 0 aromatic heterocycles. The molecule has 1 amide bonds. The predicted molar refractivity (Wildman–Crippen MR) is 82.7 cm³/mol. The smallest absolute Gasteiger partial charge is 0.224 e. The molecule has 1 aromatic rings. The van der Waals surface area contributed by atoms with Gasteiger partial charge >= 0.3 is 0 Å². The van der Waals surface area contributed by atoms with E-state index in [-0.39, 0.29) is 24.7 Å². The van der Waals surface area contributed by atoms with Gasteiger partial charge in [-0.15, -0.1) is 0 Å². The minimum atomic E-state index is -3.26. The van der Waals surface area contributed by atoms with E-state index in [1.807, 2.05) is 0 Å². The van der Waals surface area contributed by atoms with Gasteiger partial charge in [0.2, 0.25) is 15.9 Å². The molecule has 2 rings (SSSR count). The van der Waals surface area contributed by atoms with E-state index in [4.69, 9.17) is 0 Å². The molecule has 1 aromatic carbocycles. The number of hydrogen-bond donors (Lipinski definition) is 1. The standard InChI is InChI=1S/C14H20FN3O3S/c1-22(20,21)16-7-6-14(19)18-10-8-17(9-11-18)13-4-2-12(15)3-5-13/h2-5,16H,6-11H2,1H3. The van der Waals surface area contributed by atoms with Crippen LogP contribution in [0.5, 0.6) is 0 Å². The first-order valence-corrected chi connectivity index (χ1v) is 8.97. The van der Waals surface area contributed by atoms with Crippen LogP contribution in [0, 0.1) is 5.82 Å². The summed E-state index contributed by atoms with van der Waals surface area (Å²) in [6, 6.07) is 6.29. The molecule has 0 spiro atoms. The molecule has 22 heavy (non-hydrogen) atoms. The van der Waals surface area contributed by atoms with Crippen molar-refractivity contribution in [3.63, 3.8) is 0 Å². The van der Waals surface area contributed by atoms with Crippen LogP contribution >= 0.6 is 0 Å². The van der Waals surface area contributed by atoms with E-state index >= 15 is 0 Å². The number of nitrogens with zero attached hydrogens (tertiary/aromatic N) is 2. The van der Waals surface area contributed by atoms with Gasteiger partial charge in [0.1, 0.15) is 5.82 Å². The maximum Gasteiger partial charge on any atom is 0.224 e. The second-order valence-corrected chi connectivity index (χ2v) is 7.09. The fraction of sp³-hybridized carbons (Fsp3) is 0.500. The molecule has 0 atom stereocenters. The maximum atomic E-state index is 12.9. The molecule has 0 bridgehead atoms. The van der Waals surface area contributed by atoms with Crippen molar-refractivity contribution in [1.29, 1.82) is 0 Å². The lowest BCUT2D eigenvalue weighted by Crippen LogP contribution is -2.49. The highest BCUT2D eigenvalue weighted by Crippen LogP contribution is 2.17. The Morgan fingerprint density at radius 2 is 1.77 bits per heavy atom. The number of rotatable bonds is 5. The van der Waals surface area contributed by atoms with Crippen LogP contribution < -0.4 is 9.62 Å². The zero-order valence-electron chi connectivity index (χ0n) is 12.5. The van der Waals surface area contributed by atoms with Crippen LogP contribution in [0.15, 0.2) is 24.3 Å². The zero-order chi connectivity index (χ0) is 16.2. The fourth-order valence-corrected chi connectivity index (χ4v) is 2.84. The van der Waals surface area contributed by atoms with Gasteiger partial charge in [0.15, 0.2) is 0 Å². The van der Waals surface area contributed by atoms with Crippen molar-refractivity contribution < 1.29 is 17.6 Å². The number of halogens is 1. The fourth-order valence-electron chi connectivity index (χ4n) is 2.37. The van der Waals surface area contributed by atoms with E-state index < -0.39 is 10.0 Å². The largest absolute Gasteiger partial charge is 0.368 e. The Kier molecular flexibility index (Phi) is 5.36. The average molecular weight is 329 g/mol. The molecule has 0 saturated carbocycles. The Morgan fingerprint density at radius 1 is 1.18 bits per heavy atom. The van der Waals surface area contributed by atoms with Gasteiger partial charge < -0.3 is 9.80 Å². The number of sulfonamides is 1. The molecule has 0 unspecified atom stereocenters. The summed E-state index contributed by atoms with van der Waals surface area (Å²) in [5.74, 6) is -0.328. The minimum Gasteiger partial charge on any atom is -0.368 e. The summed E-state index contributed by atoms with van der Waals surface area (Å²) in [6.45, 7) is 2.63. The van der Waals surface area contributed by atoms with Crippen LogP contribution in [0.25, 0.3) is 0 Å². The molecule has 1 fully saturated rings. The summed E-state index contributed by atoms with van der Waals surface area (Å²) >= 11 is 0. The summed E-state index contributed by atoms with van der Waals surface area (Å²) in [4.78, 5) is 15.8. The monoisotopic (exact) mass is 329 g/mol. The number of anilines is 1. The number of benzene rings is 1. The molecule has 1 aliphatic heterocycles. The summed E-state index contributed by atoms with van der Waals surface area (Å²) < 4.78 is 37.1. The van der Waals surface area contributed by atoms with Crippen molar-refractivity contribution in [2.45, 2.75) is 6.42 Å². The highest BCUT2D eigenvalue weighted by Gasteiger charge is 2.21. The first kappa shape index (κ1) is 16.7. The Labute approximate surface area is 130 Å². The first-order chi connectivity index (χ1) is 10.3. The third-order valence-electron chi connectivity index (χ3n) is 3.53. The van der Waals surface area contributed by atoms with Crippen molar-refractivity contribution >= 4 is 21.6 Å². The predicted octanol–water partition coefficient (Wildman–Crippen LogP) is 0.414. The highest BCUT2D eigenvalue weighted by atomic mass is 32.2.